The zero-order valence-electron chi connectivity index (χ0n) is 14.2. The Morgan fingerprint density at radius 2 is 1.65 bits per heavy atom. The molecule has 2 aromatic carbocycles. The predicted molar refractivity (Wildman–Crippen MR) is 104 cm³/mol. The van der Waals surface area contributed by atoms with Gasteiger partial charge < -0.3 is 4.84 Å². The molecule has 0 atom stereocenters. The van der Waals surface area contributed by atoms with Crippen molar-refractivity contribution >= 4 is 28.8 Å². The highest BCUT2D eigenvalue weighted by molar-refractivity contribution is 7.13. The largest absolute Gasteiger partial charge is 0.365 e. The molecule has 1 heterocycles. The van der Waals surface area contributed by atoms with Crippen molar-refractivity contribution in [3.8, 4) is 10.4 Å². The number of nitrogens with zero attached hydrogens (tertiary/aromatic N) is 1. The smallest absolute Gasteiger partial charge is 0.312 e. The first-order valence-electron chi connectivity index (χ1n) is 8.21. The molecule has 3 aromatic rings. The van der Waals surface area contributed by atoms with Crippen LogP contribution in [0.1, 0.15) is 34.1 Å². The van der Waals surface area contributed by atoms with Crippen molar-refractivity contribution in [2.24, 2.45) is 5.16 Å². The first-order valence-corrected chi connectivity index (χ1v) is 9.09. The molecule has 0 spiro atoms. The highest BCUT2D eigenvalue weighted by Gasteiger charge is 2.15. The van der Waals surface area contributed by atoms with Gasteiger partial charge in [-0.25, -0.2) is 4.79 Å². The monoisotopic (exact) mass is 363 g/mol. The van der Waals surface area contributed by atoms with Crippen LogP contribution in [-0.2, 0) is 4.84 Å². The maximum Gasteiger partial charge on any atom is 0.365 e. The number of hydrogen-bond donors (Lipinski definition) is 0. The molecule has 3 rings (SSSR count). The standard InChI is InChI=1S/C21H17NO3S/c1-2-18(22-25-21(24)17-7-4-3-5-8-17)20(23)16-12-10-15(11-13-16)19-9-6-14-26-19/h3-14H,2H2,1H3. The summed E-state index contributed by atoms with van der Waals surface area (Å²) in [6.07, 6.45) is 0.369. The van der Waals surface area contributed by atoms with Gasteiger partial charge in [0, 0.05) is 10.4 Å². The summed E-state index contributed by atoms with van der Waals surface area (Å²) >= 11 is 1.64. The first kappa shape index (κ1) is 17.8. The number of thiophene rings is 1. The maximum absolute atomic E-state index is 12.6. The Bertz CT molecular complexity index is 914. The Balaban J connectivity index is 1.73. The summed E-state index contributed by atoms with van der Waals surface area (Å²) < 4.78 is 0. The Morgan fingerprint density at radius 3 is 2.27 bits per heavy atom. The van der Waals surface area contributed by atoms with E-state index in [2.05, 4.69) is 5.16 Å². The third-order valence-corrected chi connectivity index (χ3v) is 4.72. The van der Waals surface area contributed by atoms with Gasteiger partial charge in [-0.05, 0) is 35.6 Å². The van der Waals surface area contributed by atoms with Gasteiger partial charge in [0.2, 0.25) is 5.78 Å². The van der Waals surface area contributed by atoms with Crippen LogP contribution in [0.4, 0.5) is 0 Å². The Morgan fingerprint density at radius 1 is 0.923 bits per heavy atom. The molecule has 0 amide bonds. The lowest BCUT2D eigenvalue weighted by Crippen LogP contribution is -2.15. The van der Waals surface area contributed by atoms with E-state index in [1.807, 2.05) is 29.6 Å². The zero-order valence-corrected chi connectivity index (χ0v) is 15.0. The predicted octanol–water partition coefficient (Wildman–Crippen LogP) is 5.22. The Labute approximate surface area is 155 Å². The van der Waals surface area contributed by atoms with Crippen LogP contribution in [0.15, 0.2) is 77.3 Å². The lowest BCUT2D eigenvalue weighted by molar-refractivity contribution is 0.0515. The van der Waals surface area contributed by atoms with E-state index in [4.69, 9.17) is 4.84 Å². The van der Waals surface area contributed by atoms with E-state index in [0.717, 1.165) is 10.4 Å². The van der Waals surface area contributed by atoms with Crippen LogP contribution < -0.4 is 0 Å². The topological polar surface area (TPSA) is 55.7 Å². The average Bonchev–Trinajstić information content (AvgIpc) is 3.24. The number of carbonyl (C=O) groups excluding carboxylic acids is 2. The summed E-state index contributed by atoms with van der Waals surface area (Å²) in [4.78, 5) is 30.6. The minimum Gasteiger partial charge on any atom is -0.312 e. The van der Waals surface area contributed by atoms with Gasteiger partial charge >= 0.3 is 5.97 Å². The number of Topliss-reactive ketones (excluding diaryl/α,β-unsaturated/α-hetero) is 1. The lowest BCUT2D eigenvalue weighted by Gasteiger charge is -2.05. The van der Waals surface area contributed by atoms with Crippen molar-refractivity contribution in [2.75, 3.05) is 0 Å². The molecule has 0 saturated heterocycles. The Kier molecular flexibility index (Phi) is 5.71. The van der Waals surface area contributed by atoms with Gasteiger partial charge in [-0.15, -0.1) is 11.3 Å². The normalized spacial score (nSPS) is 11.2. The molecule has 0 saturated carbocycles. The minimum atomic E-state index is -0.586. The van der Waals surface area contributed by atoms with Gasteiger partial charge in [0.25, 0.3) is 0 Å². The summed E-state index contributed by atoms with van der Waals surface area (Å²) in [5.74, 6) is -0.830. The van der Waals surface area contributed by atoms with Gasteiger partial charge in [0.15, 0.2) is 0 Å². The summed E-state index contributed by atoms with van der Waals surface area (Å²) in [6, 6.07) is 19.9. The van der Waals surface area contributed by atoms with E-state index in [0.29, 0.717) is 17.5 Å². The van der Waals surface area contributed by atoms with Crippen molar-refractivity contribution in [3.63, 3.8) is 0 Å². The molecule has 0 bridgehead atoms. The molecule has 0 N–H and O–H groups in total. The van der Waals surface area contributed by atoms with Crippen LogP contribution in [0.5, 0.6) is 0 Å². The van der Waals surface area contributed by atoms with Crippen LogP contribution in [0.2, 0.25) is 0 Å². The second-order valence-electron chi connectivity index (χ2n) is 5.52. The number of ketones is 1. The van der Waals surface area contributed by atoms with Gasteiger partial charge in [-0.2, -0.15) is 0 Å². The van der Waals surface area contributed by atoms with Crippen LogP contribution >= 0.6 is 11.3 Å². The van der Waals surface area contributed by atoms with E-state index in [9.17, 15) is 9.59 Å². The second kappa shape index (κ2) is 8.36. The lowest BCUT2D eigenvalue weighted by atomic mass is 10.0. The first-order chi connectivity index (χ1) is 12.7. The van der Waals surface area contributed by atoms with E-state index in [-0.39, 0.29) is 11.5 Å². The van der Waals surface area contributed by atoms with Gasteiger partial charge in [-0.1, -0.05) is 60.6 Å². The maximum atomic E-state index is 12.6. The average molecular weight is 363 g/mol. The second-order valence-corrected chi connectivity index (χ2v) is 6.47. The van der Waals surface area contributed by atoms with Gasteiger partial charge in [0.1, 0.15) is 5.71 Å². The van der Waals surface area contributed by atoms with Crippen LogP contribution in [-0.4, -0.2) is 17.5 Å². The summed E-state index contributed by atoms with van der Waals surface area (Å²) in [6.45, 7) is 1.80. The third-order valence-electron chi connectivity index (χ3n) is 3.80. The fourth-order valence-electron chi connectivity index (χ4n) is 2.39. The quantitative estimate of drug-likeness (QED) is 0.261. The minimum absolute atomic E-state index is 0.207. The molecular weight excluding hydrogens is 346 g/mol. The molecule has 130 valence electrons. The molecule has 0 aliphatic carbocycles. The van der Waals surface area contributed by atoms with Crippen molar-refractivity contribution < 1.29 is 14.4 Å². The van der Waals surface area contributed by atoms with Crippen LogP contribution in [0, 0.1) is 0 Å². The summed E-state index contributed by atoms with van der Waals surface area (Å²) in [5.41, 5.74) is 2.17. The molecule has 26 heavy (non-hydrogen) atoms. The number of benzene rings is 2. The highest BCUT2D eigenvalue weighted by atomic mass is 32.1. The molecule has 0 aliphatic heterocycles. The zero-order chi connectivity index (χ0) is 18.4. The number of carbonyl (C=O) groups is 2. The van der Waals surface area contributed by atoms with E-state index in [1.54, 1.807) is 60.7 Å². The Hall–Kier alpha value is -3.05. The fraction of sp³-hybridized carbons (Fsp3) is 0.0952. The highest BCUT2D eigenvalue weighted by Crippen LogP contribution is 2.24. The van der Waals surface area contributed by atoms with Crippen LogP contribution in [0.25, 0.3) is 10.4 Å². The molecule has 0 unspecified atom stereocenters. The molecule has 4 nitrogen and oxygen atoms in total. The molecule has 5 heteroatoms. The van der Waals surface area contributed by atoms with Crippen molar-refractivity contribution in [2.45, 2.75) is 13.3 Å². The van der Waals surface area contributed by atoms with Crippen molar-refractivity contribution in [1.29, 1.82) is 0 Å². The molecular formula is C21H17NO3S. The van der Waals surface area contributed by atoms with Crippen LogP contribution in [0.3, 0.4) is 0 Å². The SMILES string of the molecule is CCC(=NOC(=O)c1ccccc1)C(=O)c1ccc(-c2cccs2)cc1. The number of oxime groups is 1. The summed E-state index contributed by atoms with van der Waals surface area (Å²) in [5, 5.41) is 5.80. The van der Waals surface area contributed by atoms with Crippen molar-refractivity contribution in [3.05, 3.63) is 83.2 Å². The third kappa shape index (κ3) is 4.13. The van der Waals surface area contributed by atoms with E-state index >= 15 is 0 Å². The summed E-state index contributed by atoms with van der Waals surface area (Å²) in [7, 11) is 0. The van der Waals surface area contributed by atoms with Crippen molar-refractivity contribution in [1.82, 2.24) is 0 Å². The molecule has 0 aliphatic rings. The van der Waals surface area contributed by atoms with Gasteiger partial charge in [-0.3, -0.25) is 4.79 Å². The van der Waals surface area contributed by atoms with E-state index in [1.165, 1.54) is 0 Å². The number of rotatable bonds is 6. The molecule has 1 aromatic heterocycles. The fourth-order valence-corrected chi connectivity index (χ4v) is 3.12. The van der Waals surface area contributed by atoms with E-state index < -0.39 is 5.97 Å². The number of hydrogen-bond acceptors (Lipinski definition) is 5. The molecule has 0 radical (unpaired) electrons. The molecule has 0 fully saturated rings. The van der Waals surface area contributed by atoms with Gasteiger partial charge in [0.05, 0.1) is 5.56 Å².